The molecule has 1 aliphatic heterocycles. The molecule has 136 valence electrons. The Labute approximate surface area is 156 Å². The lowest BCUT2D eigenvalue weighted by molar-refractivity contribution is 0.584. The van der Waals surface area contributed by atoms with Crippen LogP contribution in [0.3, 0.4) is 0 Å². The molecular formula is C22H28N4. The van der Waals surface area contributed by atoms with Crippen molar-refractivity contribution in [2.75, 3.05) is 10.2 Å². The first-order valence-corrected chi connectivity index (χ1v) is 10.3. The van der Waals surface area contributed by atoms with Crippen molar-refractivity contribution < 1.29 is 0 Å². The predicted octanol–water partition coefficient (Wildman–Crippen LogP) is 4.66. The van der Waals surface area contributed by atoms with E-state index >= 15 is 0 Å². The molecule has 1 aromatic carbocycles. The maximum absolute atomic E-state index is 4.99. The number of hydrogen-bond acceptors (Lipinski definition) is 4. The molecule has 0 amide bonds. The van der Waals surface area contributed by atoms with Gasteiger partial charge >= 0.3 is 0 Å². The number of nitrogens with one attached hydrogen (secondary N) is 1. The Morgan fingerprint density at radius 2 is 1.77 bits per heavy atom. The number of anilines is 2. The van der Waals surface area contributed by atoms with Crippen LogP contribution in [0.1, 0.15) is 68.3 Å². The van der Waals surface area contributed by atoms with Gasteiger partial charge in [0.25, 0.3) is 0 Å². The summed E-state index contributed by atoms with van der Waals surface area (Å²) in [6.07, 6.45) is 8.78. The first-order valence-electron chi connectivity index (χ1n) is 10.3. The third kappa shape index (κ3) is 3.17. The second kappa shape index (κ2) is 6.57. The summed E-state index contributed by atoms with van der Waals surface area (Å²) in [5.41, 5.74) is 2.92. The summed E-state index contributed by atoms with van der Waals surface area (Å²) in [6, 6.07) is 12.1. The smallest absolute Gasteiger partial charge is 0.136 e. The standard InChI is InChI=1S/C22H28N4/c1-15-12-17-6-2-3-7-18(17)14-26(15)21-13-20(23-19-8-4-5-9-19)24-22(25-21)16-10-11-16/h2-3,6-7,13,15-16,19H,4-5,8-12,14H2,1H3,(H,23,24,25)/t15-/m1/s1. The molecule has 26 heavy (non-hydrogen) atoms. The van der Waals surface area contributed by atoms with E-state index in [1.54, 1.807) is 0 Å². The van der Waals surface area contributed by atoms with Gasteiger partial charge in [-0.05, 0) is 50.2 Å². The van der Waals surface area contributed by atoms with Gasteiger partial charge in [-0.2, -0.15) is 0 Å². The van der Waals surface area contributed by atoms with E-state index in [0.29, 0.717) is 18.0 Å². The first kappa shape index (κ1) is 16.1. The molecule has 4 heteroatoms. The minimum atomic E-state index is 0.464. The molecule has 1 atom stereocenters. The molecule has 2 saturated carbocycles. The Kier molecular flexibility index (Phi) is 4.07. The highest BCUT2D eigenvalue weighted by atomic mass is 15.2. The van der Waals surface area contributed by atoms with Crippen molar-refractivity contribution >= 4 is 11.6 Å². The van der Waals surface area contributed by atoms with Crippen molar-refractivity contribution in [3.8, 4) is 0 Å². The molecule has 0 bridgehead atoms. The van der Waals surface area contributed by atoms with Gasteiger partial charge in [0.15, 0.2) is 0 Å². The van der Waals surface area contributed by atoms with Crippen LogP contribution in [0.25, 0.3) is 0 Å². The number of fused-ring (bicyclic) bond motifs is 1. The minimum Gasteiger partial charge on any atom is -0.367 e. The fourth-order valence-corrected chi connectivity index (χ4v) is 4.46. The van der Waals surface area contributed by atoms with Gasteiger partial charge in [0, 0.05) is 30.6 Å². The SMILES string of the molecule is C[C@@H]1Cc2ccccc2CN1c1cc(NC2CCCC2)nc(C2CC2)n1. The number of rotatable bonds is 4. The van der Waals surface area contributed by atoms with E-state index in [1.807, 2.05) is 0 Å². The van der Waals surface area contributed by atoms with Crippen LogP contribution in [0.15, 0.2) is 30.3 Å². The minimum absolute atomic E-state index is 0.464. The second-order valence-electron chi connectivity index (χ2n) is 8.32. The first-order chi connectivity index (χ1) is 12.8. The lowest BCUT2D eigenvalue weighted by Gasteiger charge is -2.36. The van der Waals surface area contributed by atoms with Gasteiger partial charge in [-0.1, -0.05) is 37.1 Å². The third-order valence-corrected chi connectivity index (χ3v) is 6.18. The lowest BCUT2D eigenvalue weighted by Crippen LogP contribution is -2.39. The molecule has 2 heterocycles. The van der Waals surface area contributed by atoms with Crippen LogP contribution < -0.4 is 10.2 Å². The molecule has 2 fully saturated rings. The highest BCUT2D eigenvalue weighted by Gasteiger charge is 2.30. The van der Waals surface area contributed by atoms with Gasteiger partial charge < -0.3 is 10.2 Å². The summed E-state index contributed by atoms with van der Waals surface area (Å²) >= 11 is 0. The molecule has 1 N–H and O–H groups in total. The van der Waals surface area contributed by atoms with Crippen LogP contribution in [0, 0.1) is 0 Å². The zero-order valence-corrected chi connectivity index (χ0v) is 15.6. The molecule has 0 unspecified atom stereocenters. The number of nitrogens with zero attached hydrogens (tertiary/aromatic N) is 3. The van der Waals surface area contributed by atoms with E-state index in [4.69, 9.17) is 9.97 Å². The molecule has 3 aliphatic rings. The van der Waals surface area contributed by atoms with Gasteiger partial charge in [-0.15, -0.1) is 0 Å². The summed E-state index contributed by atoms with van der Waals surface area (Å²) in [6.45, 7) is 3.26. The van der Waals surface area contributed by atoms with Crippen LogP contribution >= 0.6 is 0 Å². The van der Waals surface area contributed by atoms with Gasteiger partial charge in [0.1, 0.15) is 17.5 Å². The van der Waals surface area contributed by atoms with E-state index in [1.165, 1.54) is 49.7 Å². The summed E-state index contributed by atoms with van der Waals surface area (Å²) in [5.74, 6) is 3.76. The number of benzene rings is 1. The normalized spacial score (nSPS) is 23.1. The molecule has 0 radical (unpaired) electrons. The topological polar surface area (TPSA) is 41.0 Å². The Balaban J connectivity index is 1.46. The molecule has 5 rings (SSSR count). The fourth-order valence-electron chi connectivity index (χ4n) is 4.46. The quantitative estimate of drug-likeness (QED) is 0.872. The molecule has 2 aliphatic carbocycles. The summed E-state index contributed by atoms with van der Waals surface area (Å²) < 4.78 is 0. The Hall–Kier alpha value is -2.10. The molecule has 0 spiro atoms. The van der Waals surface area contributed by atoms with E-state index in [9.17, 15) is 0 Å². The Bertz CT molecular complexity index is 792. The van der Waals surface area contributed by atoms with Crippen molar-refractivity contribution in [2.45, 2.75) is 76.4 Å². The average Bonchev–Trinajstić information content (AvgIpc) is 3.39. The van der Waals surface area contributed by atoms with Crippen molar-refractivity contribution in [3.05, 3.63) is 47.3 Å². The van der Waals surface area contributed by atoms with Crippen molar-refractivity contribution in [1.29, 1.82) is 0 Å². The monoisotopic (exact) mass is 348 g/mol. The zero-order valence-electron chi connectivity index (χ0n) is 15.6. The zero-order chi connectivity index (χ0) is 17.5. The Morgan fingerprint density at radius 3 is 2.54 bits per heavy atom. The number of aromatic nitrogens is 2. The van der Waals surface area contributed by atoms with Crippen molar-refractivity contribution in [1.82, 2.24) is 9.97 Å². The molecule has 0 saturated heterocycles. The summed E-state index contributed by atoms with van der Waals surface area (Å²) in [5, 5.41) is 3.70. The Morgan fingerprint density at radius 1 is 1.00 bits per heavy atom. The van der Waals surface area contributed by atoms with E-state index in [2.05, 4.69) is 47.5 Å². The fraction of sp³-hybridized carbons (Fsp3) is 0.545. The maximum Gasteiger partial charge on any atom is 0.136 e. The predicted molar refractivity (Wildman–Crippen MR) is 106 cm³/mol. The average molecular weight is 348 g/mol. The molecule has 4 nitrogen and oxygen atoms in total. The molecule has 1 aromatic heterocycles. The van der Waals surface area contributed by atoms with E-state index in [-0.39, 0.29) is 0 Å². The van der Waals surface area contributed by atoms with Crippen LogP contribution in [-0.2, 0) is 13.0 Å². The van der Waals surface area contributed by atoms with Crippen LogP contribution in [-0.4, -0.2) is 22.1 Å². The third-order valence-electron chi connectivity index (χ3n) is 6.18. The van der Waals surface area contributed by atoms with E-state index in [0.717, 1.165) is 30.4 Å². The van der Waals surface area contributed by atoms with Crippen LogP contribution in [0.2, 0.25) is 0 Å². The van der Waals surface area contributed by atoms with Gasteiger partial charge in [-0.25, -0.2) is 9.97 Å². The molecular weight excluding hydrogens is 320 g/mol. The van der Waals surface area contributed by atoms with Crippen molar-refractivity contribution in [3.63, 3.8) is 0 Å². The van der Waals surface area contributed by atoms with Gasteiger partial charge in [0.05, 0.1) is 0 Å². The summed E-state index contributed by atoms with van der Waals surface area (Å²) in [7, 11) is 0. The molecule has 2 aromatic rings. The van der Waals surface area contributed by atoms with Gasteiger partial charge in [-0.3, -0.25) is 0 Å². The lowest BCUT2D eigenvalue weighted by atomic mass is 9.95. The highest BCUT2D eigenvalue weighted by molar-refractivity contribution is 5.53. The highest BCUT2D eigenvalue weighted by Crippen LogP contribution is 2.40. The van der Waals surface area contributed by atoms with Crippen molar-refractivity contribution in [2.24, 2.45) is 0 Å². The number of hydrogen-bond donors (Lipinski definition) is 1. The van der Waals surface area contributed by atoms with Crippen LogP contribution in [0.4, 0.5) is 11.6 Å². The van der Waals surface area contributed by atoms with Gasteiger partial charge in [0.2, 0.25) is 0 Å². The summed E-state index contributed by atoms with van der Waals surface area (Å²) in [4.78, 5) is 12.3. The largest absolute Gasteiger partial charge is 0.367 e. The van der Waals surface area contributed by atoms with E-state index < -0.39 is 0 Å². The maximum atomic E-state index is 4.99. The van der Waals surface area contributed by atoms with Crippen LogP contribution in [0.5, 0.6) is 0 Å². The second-order valence-corrected chi connectivity index (χ2v) is 8.32.